The Hall–Kier alpha value is -1.02. The Morgan fingerprint density at radius 3 is 2.56 bits per heavy atom. The Morgan fingerprint density at radius 1 is 1.31 bits per heavy atom. The van der Waals surface area contributed by atoms with E-state index >= 15 is 0 Å². The van der Waals surface area contributed by atoms with Gasteiger partial charge in [0, 0.05) is 6.04 Å². The second-order valence-electron chi connectivity index (χ2n) is 4.77. The van der Waals surface area contributed by atoms with Gasteiger partial charge in [-0.15, -0.1) is 0 Å². The third-order valence-corrected chi connectivity index (χ3v) is 3.57. The summed E-state index contributed by atoms with van der Waals surface area (Å²) in [7, 11) is 1.75. The lowest BCUT2D eigenvalue weighted by Crippen LogP contribution is -2.07. The molecule has 1 unspecified atom stereocenters. The first-order valence-corrected chi connectivity index (χ1v) is 6.15. The minimum Gasteiger partial charge on any atom is -0.496 e. The number of hydrogen-bond donors (Lipinski definition) is 1. The minimum atomic E-state index is 0.103. The molecule has 0 aromatic heterocycles. The van der Waals surface area contributed by atoms with Crippen molar-refractivity contribution in [2.24, 2.45) is 5.73 Å². The molecule has 1 saturated carbocycles. The van der Waals surface area contributed by atoms with Crippen LogP contribution in [0.25, 0.3) is 0 Å². The van der Waals surface area contributed by atoms with Crippen molar-refractivity contribution in [2.45, 2.75) is 44.6 Å². The van der Waals surface area contributed by atoms with E-state index in [1.807, 2.05) is 6.92 Å². The largest absolute Gasteiger partial charge is 0.496 e. The Kier molecular flexibility index (Phi) is 3.49. The summed E-state index contributed by atoms with van der Waals surface area (Å²) < 4.78 is 5.45. The van der Waals surface area contributed by atoms with Gasteiger partial charge >= 0.3 is 0 Å². The van der Waals surface area contributed by atoms with Gasteiger partial charge in [0.1, 0.15) is 5.75 Å². The highest BCUT2D eigenvalue weighted by Crippen LogP contribution is 2.39. The first kappa shape index (κ1) is 11.5. The highest BCUT2D eigenvalue weighted by Gasteiger charge is 2.21. The maximum atomic E-state index is 5.93. The summed E-state index contributed by atoms with van der Waals surface area (Å²) >= 11 is 0. The van der Waals surface area contributed by atoms with E-state index in [2.05, 4.69) is 18.2 Å². The number of nitrogens with two attached hydrogens (primary N) is 1. The molecular weight excluding hydrogens is 198 g/mol. The SMILES string of the molecule is COc1ccc(C(C)N)cc1C1CCCC1. The molecule has 1 aliphatic rings. The van der Waals surface area contributed by atoms with Crippen molar-refractivity contribution in [3.63, 3.8) is 0 Å². The van der Waals surface area contributed by atoms with Crippen LogP contribution in [0.1, 0.15) is 55.7 Å². The van der Waals surface area contributed by atoms with Gasteiger partial charge in [-0.2, -0.15) is 0 Å². The monoisotopic (exact) mass is 219 g/mol. The average molecular weight is 219 g/mol. The van der Waals surface area contributed by atoms with Gasteiger partial charge in [-0.05, 0) is 42.9 Å². The third kappa shape index (κ3) is 2.22. The average Bonchev–Trinajstić information content (AvgIpc) is 2.81. The van der Waals surface area contributed by atoms with Crippen LogP contribution in [0.2, 0.25) is 0 Å². The quantitative estimate of drug-likeness (QED) is 0.846. The molecule has 1 fully saturated rings. The van der Waals surface area contributed by atoms with E-state index in [0.29, 0.717) is 5.92 Å². The minimum absolute atomic E-state index is 0.103. The predicted molar refractivity (Wildman–Crippen MR) is 66.8 cm³/mol. The molecule has 0 heterocycles. The van der Waals surface area contributed by atoms with Gasteiger partial charge in [0.2, 0.25) is 0 Å². The van der Waals surface area contributed by atoms with E-state index in [-0.39, 0.29) is 6.04 Å². The highest BCUT2D eigenvalue weighted by molar-refractivity contribution is 5.41. The lowest BCUT2D eigenvalue weighted by atomic mass is 9.93. The van der Waals surface area contributed by atoms with Crippen LogP contribution in [0.15, 0.2) is 18.2 Å². The molecule has 88 valence electrons. The number of ether oxygens (including phenoxy) is 1. The van der Waals surface area contributed by atoms with Crippen LogP contribution in [0, 0.1) is 0 Å². The molecule has 2 N–H and O–H groups in total. The van der Waals surface area contributed by atoms with Crippen molar-refractivity contribution >= 4 is 0 Å². The van der Waals surface area contributed by atoms with Crippen LogP contribution >= 0.6 is 0 Å². The second kappa shape index (κ2) is 4.88. The van der Waals surface area contributed by atoms with Gasteiger partial charge in [0.15, 0.2) is 0 Å². The zero-order chi connectivity index (χ0) is 11.5. The molecule has 2 nitrogen and oxygen atoms in total. The Morgan fingerprint density at radius 2 is 2.00 bits per heavy atom. The van der Waals surface area contributed by atoms with Gasteiger partial charge in [-0.1, -0.05) is 25.0 Å². The molecule has 1 atom stereocenters. The number of methoxy groups -OCH3 is 1. The Balaban J connectivity index is 2.34. The van der Waals surface area contributed by atoms with E-state index in [1.165, 1.54) is 36.8 Å². The summed E-state index contributed by atoms with van der Waals surface area (Å²) in [6, 6.07) is 6.47. The van der Waals surface area contributed by atoms with Crippen molar-refractivity contribution < 1.29 is 4.74 Å². The lowest BCUT2D eigenvalue weighted by molar-refractivity contribution is 0.405. The third-order valence-electron chi connectivity index (χ3n) is 3.57. The molecular formula is C14H21NO. The zero-order valence-corrected chi connectivity index (χ0v) is 10.2. The van der Waals surface area contributed by atoms with Crippen molar-refractivity contribution in [3.05, 3.63) is 29.3 Å². The maximum absolute atomic E-state index is 5.93. The van der Waals surface area contributed by atoms with Gasteiger partial charge in [0.25, 0.3) is 0 Å². The second-order valence-corrected chi connectivity index (χ2v) is 4.77. The predicted octanol–water partition coefficient (Wildman–Crippen LogP) is 3.37. The fourth-order valence-corrected chi connectivity index (χ4v) is 2.59. The van der Waals surface area contributed by atoms with Crippen molar-refractivity contribution in [2.75, 3.05) is 7.11 Å². The summed E-state index contributed by atoms with van der Waals surface area (Å²) in [5.41, 5.74) is 8.50. The van der Waals surface area contributed by atoms with E-state index in [4.69, 9.17) is 10.5 Å². The molecule has 16 heavy (non-hydrogen) atoms. The first-order valence-electron chi connectivity index (χ1n) is 6.15. The normalized spacial score (nSPS) is 18.7. The van der Waals surface area contributed by atoms with Crippen LogP contribution in [-0.4, -0.2) is 7.11 Å². The molecule has 1 aromatic rings. The van der Waals surface area contributed by atoms with Crippen LogP contribution in [0.4, 0.5) is 0 Å². The molecule has 0 amide bonds. The highest BCUT2D eigenvalue weighted by atomic mass is 16.5. The molecule has 0 bridgehead atoms. The zero-order valence-electron chi connectivity index (χ0n) is 10.2. The van der Waals surface area contributed by atoms with Crippen molar-refractivity contribution in [3.8, 4) is 5.75 Å². The molecule has 1 aliphatic carbocycles. The number of rotatable bonds is 3. The fourth-order valence-electron chi connectivity index (χ4n) is 2.59. The molecule has 0 saturated heterocycles. The van der Waals surface area contributed by atoms with E-state index in [9.17, 15) is 0 Å². The first-order chi connectivity index (χ1) is 7.72. The van der Waals surface area contributed by atoms with Crippen molar-refractivity contribution in [1.29, 1.82) is 0 Å². The van der Waals surface area contributed by atoms with E-state index < -0.39 is 0 Å². The van der Waals surface area contributed by atoms with Gasteiger partial charge < -0.3 is 10.5 Å². The van der Waals surface area contributed by atoms with E-state index in [1.54, 1.807) is 7.11 Å². The molecule has 0 radical (unpaired) electrons. The Labute approximate surface area is 97.8 Å². The molecule has 0 aliphatic heterocycles. The standard InChI is InChI=1S/C14H21NO/c1-10(15)12-7-8-14(16-2)13(9-12)11-5-3-4-6-11/h7-11H,3-6,15H2,1-2H3. The van der Waals surface area contributed by atoms with Crippen LogP contribution in [0.3, 0.4) is 0 Å². The van der Waals surface area contributed by atoms with E-state index in [0.717, 1.165) is 5.75 Å². The lowest BCUT2D eigenvalue weighted by Gasteiger charge is -2.17. The summed E-state index contributed by atoms with van der Waals surface area (Å²) in [6.07, 6.45) is 5.27. The summed E-state index contributed by atoms with van der Waals surface area (Å²) in [6.45, 7) is 2.03. The number of benzene rings is 1. The van der Waals surface area contributed by atoms with Crippen LogP contribution in [-0.2, 0) is 0 Å². The smallest absolute Gasteiger partial charge is 0.122 e. The summed E-state index contributed by atoms with van der Waals surface area (Å²) in [4.78, 5) is 0. The molecule has 2 heteroatoms. The maximum Gasteiger partial charge on any atom is 0.122 e. The Bertz CT molecular complexity index is 354. The summed E-state index contributed by atoms with van der Waals surface area (Å²) in [5.74, 6) is 1.70. The van der Waals surface area contributed by atoms with Crippen molar-refractivity contribution in [1.82, 2.24) is 0 Å². The fraction of sp³-hybridized carbons (Fsp3) is 0.571. The van der Waals surface area contributed by atoms with Crippen LogP contribution in [0.5, 0.6) is 5.75 Å². The topological polar surface area (TPSA) is 35.2 Å². The van der Waals surface area contributed by atoms with Gasteiger partial charge in [0.05, 0.1) is 7.11 Å². The van der Waals surface area contributed by atoms with Gasteiger partial charge in [-0.3, -0.25) is 0 Å². The van der Waals surface area contributed by atoms with Crippen LogP contribution < -0.4 is 10.5 Å². The van der Waals surface area contributed by atoms with Gasteiger partial charge in [-0.25, -0.2) is 0 Å². The molecule has 2 rings (SSSR count). The number of hydrogen-bond acceptors (Lipinski definition) is 2. The molecule has 0 spiro atoms. The summed E-state index contributed by atoms with van der Waals surface area (Å²) in [5, 5.41) is 0. The molecule has 1 aromatic carbocycles.